The molecule has 0 aromatic heterocycles. The van der Waals surface area contributed by atoms with E-state index in [2.05, 4.69) is 11.8 Å². The summed E-state index contributed by atoms with van der Waals surface area (Å²) < 4.78 is 5.41. The number of carbonyl (C=O) groups is 1. The maximum absolute atomic E-state index is 12.3. The molecule has 0 aliphatic heterocycles. The maximum atomic E-state index is 12.3. The van der Waals surface area contributed by atoms with E-state index < -0.39 is 0 Å². The lowest BCUT2D eigenvalue weighted by Gasteiger charge is -2.31. The van der Waals surface area contributed by atoms with E-state index in [1.165, 1.54) is 38.5 Å². The van der Waals surface area contributed by atoms with Gasteiger partial charge in [0.1, 0.15) is 5.75 Å². The summed E-state index contributed by atoms with van der Waals surface area (Å²) in [6, 6.07) is 6.85. The van der Waals surface area contributed by atoms with Crippen molar-refractivity contribution in [3.05, 3.63) is 29.3 Å². The minimum Gasteiger partial charge on any atom is -0.410 e. The number of amides is 1. The Morgan fingerprint density at radius 1 is 1.14 bits per heavy atom. The maximum Gasteiger partial charge on any atom is 0.414 e. The average molecular weight is 411 g/mol. The fourth-order valence-corrected chi connectivity index (χ4v) is 4.14. The SMILES string of the molecule is CCN(CCO)CCC[C@H]1CC[C@H](CN(C)C(=O)Oc2ccc(Cl)cc2)CC1. The highest BCUT2D eigenvalue weighted by Gasteiger charge is 2.24. The van der Waals surface area contributed by atoms with Crippen LogP contribution in [-0.2, 0) is 0 Å². The molecule has 1 fully saturated rings. The molecule has 158 valence electrons. The number of hydrogen-bond donors (Lipinski definition) is 1. The van der Waals surface area contributed by atoms with Crippen molar-refractivity contribution in [2.45, 2.75) is 45.4 Å². The van der Waals surface area contributed by atoms with E-state index in [-0.39, 0.29) is 12.7 Å². The molecule has 0 radical (unpaired) electrons. The fraction of sp³-hybridized carbons (Fsp3) is 0.682. The quantitative estimate of drug-likeness (QED) is 0.608. The van der Waals surface area contributed by atoms with Crippen LogP contribution >= 0.6 is 11.6 Å². The lowest BCUT2D eigenvalue weighted by atomic mass is 9.80. The molecule has 6 heteroatoms. The van der Waals surface area contributed by atoms with Crippen molar-refractivity contribution in [3.8, 4) is 5.75 Å². The number of carbonyl (C=O) groups excluding carboxylic acids is 1. The van der Waals surface area contributed by atoms with Crippen LogP contribution in [0.1, 0.15) is 45.4 Å². The molecule has 1 N–H and O–H groups in total. The van der Waals surface area contributed by atoms with Gasteiger partial charge in [0.15, 0.2) is 0 Å². The van der Waals surface area contributed by atoms with Crippen LogP contribution in [-0.4, -0.2) is 60.8 Å². The summed E-state index contributed by atoms with van der Waals surface area (Å²) in [5, 5.41) is 9.69. The van der Waals surface area contributed by atoms with Crippen molar-refractivity contribution in [1.82, 2.24) is 9.80 Å². The second-order valence-corrected chi connectivity index (χ2v) is 8.33. The van der Waals surface area contributed by atoms with Gasteiger partial charge in [-0.3, -0.25) is 0 Å². The minimum atomic E-state index is -0.312. The van der Waals surface area contributed by atoms with Gasteiger partial charge in [0.2, 0.25) is 0 Å². The van der Waals surface area contributed by atoms with Crippen molar-refractivity contribution in [2.24, 2.45) is 11.8 Å². The fourth-order valence-electron chi connectivity index (χ4n) is 4.02. The number of aliphatic hydroxyl groups is 1. The summed E-state index contributed by atoms with van der Waals surface area (Å²) in [4.78, 5) is 16.3. The third-order valence-electron chi connectivity index (χ3n) is 5.78. The van der Waals surface area contributed by atoms with Gasteiger partial charge < -0.3 is 19.6 Å². The van der Waals surface area contributed by atoms with Crippen LogP contribution in [0.2, 0.25) is 5.02 Å². The number of benzene rings is 1. The van der Waals surface area contributed by atoms with Gasteiger partial charge >= 0.3 is 6.09 Å². The van der Waals surface area contributed by atoms with E-state index in [4.69, 9.17) is 21.4 Å². The Morgan fingerprint density at radius 3 is 2.39 bits per heavy atom. The second-order valence-electron chi connectivity index (χ2n) is 7.89. The van der Waals surface area contributed by atoms with E-state index >= 15 is 0 Å². The van der Waals surface area contributed by atoms with Crippen molar-refractivity contribution in [2.75, 3.05) is 39.8 Å². The molecule has 1 aliphatic rings. The summed E-state index contributed by atoms with van der Waals surface area (Å²) >= 11 is 5.86. The van der Waals surface area contributed by atoms with Crippen LogP contribution in [0, 0.1) is 11.8 Å². The van der Waals surface area contributed by atoms with Crippen molar-refractivity contribution < 1.29 is 14.6 Å². The second kappa shape index (κ2) is 12.3. The highest BCUT2D eigenvalue weighted by atomic mass is 35.5. The summed E-state index contributed by atoms with van der Waals surface area (Å²) in [6.07, 6.45) is 7.01. The zero-order valence-corrected chi connectivity index (χ0v) is 18.0. The number of ether oxygens (including phenoxy) is 1. The van der Waals surface area contributed by atoms with Gasteiger partial charge in [-0.1, -0.05) is 31.4 Å². The first-order valence-electron chi connectivity index (χ1n) is 10.5. The zero-order chi connectivity index (χ0) is 20.4. The smallest absolute Gasteiger partial charge is 0.410 e. The van der Waals surface area contributed by atoms with E-state index in [1.54, 1.807) is 29.2 Å². The number of hydrogen-bond acceptors (Lipinski definition) is 4. The molecule has 28 heavy (non-hydrogen) atoms. The van der Waals surface area contributed by atoms with Gasteiger partial charge in [-0.05, 0) is 74.9 Å². The van der Waals surface area contributed by atoms with Gasteiger partial charge in [0, 0.05) is 25.2 Å². The summed E-state index contributed by atoms with van der Waals surface area (Å²) in [7, 11) is 1.81. The molecular formula is C22H35ClN2O3. The molecule has 5 nitrogen and oxygen atoms in total. The largest absolute Gasteiger partial charge is 0.414 e. The third-order valence-corrected chi connectivity index (χ3v) is 6.03. The molecule has 0 heterocycles. The minimum absolute atomic E-state index is 0.243. The van der Waals surface area contributed by atoms with Gasteiger partial charge in [0.25, 0.3) is 0 Å². The Labute approximate surface area is 174 Å². The molecule has 0 saturated heterocycles. The van der Waals surface area contributed by atoms with Gasteiger partial charge in [-0.2, -0.15) is 0 Å². The number of halogens is 1. The van der Waals surface area contributed by atoms with Crippen LogP contribution in [0.4, 0.5) is 4.79 Å². The molecular weight excluding hydrogens is 376 g/mol. The first kappa shape index (κ1) is 23.0. The standard InChI is InChI=1S/C22H35ClN2O3/c1-3-25(15-16-26)14-4-5-18-6-8-19(9-7-18)17-24(2)22(27)28-21-12-10-20(23)11-13-21/h10-13,18-19,26H,3-9,14-17H2,1-2H3/t18-,19-. The molecule has 1 aromatic rings. The molecule has 0 bridgehead atoms. The van der Waals surface area contributed by atoms with E-state index in [0.29, 0.717) is 16.7 Å². The number of likely N-dealkylation sites (N-methyl/N-ethyl adjacent to an activating group) is 1. The topological polar surface area (TPSA) is 53.0 Å². The monoisotopic (exact) mass is 410 g/mol. The summed E-state index contributed by atoms with van der Waals surface area (Å²) in [6.45, 7) is 6.01. The molecule has 1 aromatic carbocycles. The van der Waals surface area contributed by atoms with Crippen LogP contribution in [0.5, 0.6) is 5.75 Å². The van der Waals surface area contributed by atoms with Crippen LogP contribution in [0.3, 0.4) is 0 Å². The van der Waals surface area contributed by atoms with Crippen LogP contribution < -0.4 is 4.74 Å². The Kier molecular flexibility index (Phi) is 10.1. The molecule has 2 rings (SSSR count). The zero-order valence-electron chi connectivity index (χ0n) is 17.3. The van der Waals surface area contributed by atoms with E-state index in [1.807, 2.05) is 7.05 Å². The van der Waals surface area contributed by atoms with E-state index in [0.717, 1.165) is 32.1 Å². The lowest BCUT2D eigenvalue weighted by Crippen LogP contribution is -2.35. The van der Waals surface area contributed by atoms with Crippen molar-refractivity contribution >= 4 is 17.7 Å². The van der Waals surface area contributed by atoms with Crippen LogP contribution in [0.15, 0.2) is 24.3 Å². The first-order valence-corrected chi connectivity index (χ1v) is 10.9. The van der Waals surface area contributed by atoms with Gasteiger partial charge in [0.05, 0.1) is 6.61 Å². The highest BCUT2D eigenvalue weighted by molar-refractivity contribution is 6.30. The number of rotatable bonds is 10. The molecule has 0 spiro atoms. The summed E-state index contributed by atoms with van der Waals surface area (Å²) in [5.41, 5.74) is 0. The van der Waals surface area contributed by atoms with E-state index in [9.17, 15) is 4.79 Å². The van der Waals surface area contributed by atoms with Crippen molar-refractivity contribution in [3.63, 3.8) is 0 Å². The molecule has 1 amide bonds. The van der Waals surface area contributed by atoms with Gasteiger partial charge in [-0.25, -0.2) is 4.79 Å². The normalized spacial score (nSPS) is 19.6. The van der Waals surface area contributed by atoms with Crippen LogP contribution in [0.25, 0.3) is 0 Å². The Hall–Kier alpha value is -1.30. The number of nitrogens with zero attached hydrogens (tertiary/aromatic N) is 2. The predicted octanol–water partition coefficient (Wildman–Crippen LogP) is 4.67. The van der Waals surface area contributed by atoms with Gasteiger partial charge in [-0.15, -0.1) is 0 Å². The Balaban J connectivity index is 1.64. The summed E-state index contributed by atoms with van der Waals surface area (Å²) in [5.74, 6) is 1.88. The lowest BCUT2D eigenvalue weighted by molar-refractivity contribution is 0.144. The molecule has 1 aliphatic carbocycles. The molecule has 1 saturated carbocycles. The predicted molar refractivity (Wildman–Crippen MR) is 114 cm³/mol. The third kappa shape index (κ3) is 7.98. The highest BCUT2D eigenvalue weighted by Crippen LogP contribution is 2.32. The number of aliphatic hydroxyl groups excluding tert-OH is 1. The first-order chi connectivity index (χ1) is 13.5. The average Bonchev–Trinajstić information content (AvgIpc) is 2.70. The Bertz CT molecular complexity index is 574. The molecule has 0 unspecified atom stereocenters. The molecule has 0 atom stereocenters. The van der Waals surface area contributed by atoms with Crippen molar-refractivity contribution in [1.29, 1.82) is 0 Å². The Morgan fingerprint density at radius 2 is 1.79 bits per heavy atom.